The van der Waals surface area contributed by atoms with Crippen LogP contribution in [0.5, 0.6) is 0 Å². The molecule has 1 aliphatic heterocycles. The maximum atomic E-state index is 5.46. The van der Waals surface area contributed by atoms with Crippen LogP contribution >= 0.6 is 0 Å². The van der Waals surface area contributed by atoms with E-state index in [-0.39, 0.29) is 0 Å². The molecule has 1 unspecified atom stereocenters. The first-order chi connectivity index (χ1) is 8.42. The fourth-order valence-corrected chi connectivity index (χ4v) is 2.31. The lowest BCUT2D eigenvalue weighted by molar-refractivity contribution is 0.144. The Balaban J connectivity index is 1.74. The number of aromatic amines is 1. The van der Waals surface area contributed by atoms with E-state index in [1.807, 2.05) is 6.20 Å². The van der Waals surface area contributed by atoms with Gasteiger partial charge in [-0.2, -0.15) is 5.10 Å². The maximum absolute atomic E-state index is 5.46. The zero-order valence-corrected chi connectivity index (χ0v) is 9.78. The Morgan fingerprint density at radius 3 is 3.29 bits per heavy atom. The van der Waals surface area contributed by atoms with Gasteiger partial charge in [0.2, 0.25) is 0 Å². The van der Waals surface area contributed by atoms with Crippen molar-refractivity contribution >= 4 is 16.6 Å². The third kappa shape index (κ3) is 2.42. The van der Waals surface area contributed by atoms with Crippen molar-refractivity contribution in [1.82, 2.24) is 10.2 Å². The summed E-state index contributed by atoms with van der Waals surface area (Å²) in [5, 5.41) is 11.8. The summed E-state index contributed by atoms with van der Waals surface area (Å²) >= 11 is 0. The van der Waals surface area contributed by atoms with Crippen molar-refractivity contribution in [3.05, 3.63) is 24.4 Å². The number of ether oxygens (including phenoxy) is 1. The third-order valence-corrected chi connectivity index (χ3v) is 3.26. The first-order valence-corrected chi connectivity index (χ1v) is 6.19. The summed E-state index contributed by atoms with van der Waals surface area (Å²) in [6.45, 7) is 1.77. The van der Waals surface area contributed by atoms with Crippen LogP contribution in [-0.2, 0) is 4.74 Å². The largest absolute Gasteiger partial charge is 0.382 e. The third-order valence-electron chi connectivity index (χ3n) is 3.26. The molecule has 2 heterocycles. The molecule has 3 rings (SSSR count). The van der Waals surface area contributed by atoms with Gasteiger partial charge in [-0.15, -0.1) is 0 Å². The van der Waals surface area contributed by atoms with Crippen molar-refractivity contribution in [3.63, 3.8) is 0 Å². The highest BCUT2D eigenvalue weighted by molar-refractivity contribution is 5.81. The van der Waals surface area contributed by atoms with Crippen LogP contribution in [0.25, 0.3) is 10.9 Å². The number of aromatic nitrogens is 2. The van der Waals surface area contributed by atoms with Gasteiger partial charge in [-0.3, -0.25) is 5.10 Å². The number of fused-ring (bicyclic) bond motifs is 1. The fourth-order valence-electron chi connectivity index (χ4n) is 2.31. The maximum Gasteiger partial charge on any atom is 0.0670 e. The Kier molecular flexibility index (Phi) is 2.96. The molecule has 4 heteroatoms. The highest BCUT2D eigenvalue weighted by Crippen LogP contribution is 2.20. The van der Waals surface area contributed by atoms with E-state index in [0.717, 1.165) is 42.6 Å². The lowest BCUT2D eigenvalue weighted by Gasteiger charge is -2.16. The van der Waals surface area contributed by atoms with E-state index >= 15 is 0 Å². The minimum absolute atomic E-state index is 0.526. The predicted octanol–water partition coefficient (Wildman–Crippen LogP) is 2.54. The van der Waals surface area contributed by atoms with E-state index in [1.54, 1.807) is 0 Å². The minimum Gasteiger partial charge on any atom is -0.382 e. The van der Waals surface area contributed by atoms with Crippen LogP contribution in [0.2, 0.25) is 0 Å². The number of anilines is 1. The van der Waals surface area contributed by atoms with Crippen LogP contribution in [-0.4, -0.2) is 29.5 Å². The standard InChI is InChI=1S/C13H17N3O/c1-2-11(5-7-17-6-1)15-12-4-3-10-9-14-16-13(10)8-12/h3-4,8-9,11,15H,1-2,5-7H2,(H,14,16). The van der Waals surface area contributed by atoms with E-state index in [9.17, 15) is 0 Å². The Morgan fingerprint density at radius 2 is 2.29 bits per heavy atom. The highest BCUT2D eigenvalue weighted by Gasteiger charge is 2.12. The van der Waals surface area contributed by atoms with E-state index in [0.29, 0.717) is 6.04 Å². The van der Waals surface area contributed by atoms with Crippen LogP contribution in [0.1, 0.15) is 19.3 Å². The number of H-pyrrole nitrogens is 1. The molecular weight excluding hydrogens is 214 g/mol. The average Bonchev–Trinajstić information content (AvgIpc) is 2.65. The van der Waals surface area contributed by atoms with Gasteiger partial charge in [0.25, 0.3) is 0 Å². The van der Waals surface area contributed by atoms with Crippen molar-refractivity contribution in [2.45, 2.75) is 25.3 Å². The first kappa shape index (κ1) is 10.6. The molecular formula is C13H17N3O. The number of benzene rings is 1. The lowest BCUT2D eigenvalue weighted by atomic mass is 10.1. The molecule has 1 aromatic heterocycles. The smallest absolute Gasteiger partial charge is 0.0670 e. The molecule has 0 aliphatic carbocycles. The highest BCUT2D eigenvalue weighted by atomic mass is 16.5. The summed E-state index contributed by atoms with van der Waals surface area (Å²) in [4.78, 5) is 0. The van der Waals surface area contributed by atoms with E-state index in [1.165, 1.54) is 6.42 Å². The van der Waals surface area contributed by atoms with Gasteiger partial charge >= 0.3 is 0 Å². The second kappa shape index (κ2) is 4.75. The number of hydrogen-bond donors (Lipinski definition) is 2. The number of hydrogen-bond acceptors (Lipinski definition) is 3. The van der Waals surface area contributed by atoms with Gasteiger partial charge in [-0.05, 0) is 37.5 Å². The molecule has 1 atom stereocenters. The predicted molar refractivity (Wildman–Crippen MR) is 68.2 cm³/mol. The fraction of sp³-hybridized carbons (Fsp3) is 0.462. The lowest BCUT2D eigenvalue weighted by Crippen LogP contribution is -2.19. The summed E-state index contributed by atoms with van der Waals surface area (Å²) in [6.07, 6.45) is 5.25. The van der Waals surface area contributed by atoms with Crippen molar-refractivity contribution in [2.24, 2.45) is 0 Å². The van der Waals surface area contributed by atoms with E-state index in [4.69, 9.17) is 4.74 Å². The van der Waals surface area contributed by atoms with Crippen molar-refractivity contribution in [1.29, 1.82) is 0 Å². The van der Waals surface area contributed by atoms with Gasteiger partial charge in [0.15, 0.2) is 0 Å². The number of nitrogens with zero attached hydrogens (tertiary/aromatic N) is 1. The quantitative estimate of drug-likeness (QED) is 0.835. The molecule has 17 heavy (non-hydrogen) atoms. The Hall–Kier alpha value is -1.55. The van der Waals surface area contributed by atoms with Crippen LogP contribution in [0, 0.1) is 0 Å². The summed E-state index contributed by atoms with van der Waals surface area (Å²) in [7, 11) is 0. The molecule has 0 bridgehead atoms. The number of rotatable bonds is 2. The van der Waals surface area contributed by atoms with E-state index in [2.05, 4.69) is 33.7 Å². The monoisotopic (exact) mass is 231 g/mol. The summed E-state index contributed by atoms with van der Waals surface area (Å²) in [5.41, 5.74) is 2.24. The van der Waals surface area contributed by atoms with Gasteiger partial charge in [0.05, 0.1) is 11.7 Å². The average molecular weight is 231 g/mol. The summed E-state index contributed by atoms with van der Waals surface area (Å²) in [6, 6.07) is 6.85. The second-order valence-corrected chi connectivity index (χ2v) is 4.56. The molecule has 1 aromatic carbocycles. The molecule has 0 saturated carbocycles. The Morgan fingerprint density at radius 1 is 1.29 bits per heavy atom. The van der Waals surface area contributed by atoms with Crippen LogP contribution in [0.3, 0.4) is 0 Å². The second-order valence-electron chi connectivity index (χ2n) is 4.56. The molecule has 90 valence electrons. The molecule has 1 saturated heterocycles. The van der Waals surface area contributed by atoms with Crippen molar-refractivity contribution < 1.29 is 4.74 Å². The summed E-state index contributed by atoms with van der Waals surface area (Å²) in [5.74, 6) is 0. The normalized spacial score (nSPS) is 21.3. The number of nitrogens with one attached hydrogen (secondary N) is 2. The molecule has 4 nitrogen and oxygen atoms in total. The van der Waals surface area contributed by atoms with Crippen LogP contribution < -0.4 is 5.32 Å². The van der Waals surface area contributed by atoms with Gasteiger partial charge in [0.1, 0.15) is 0 Å². The molecule has 1 aliphatic rings. The Bertz CT molecular complexity index is 486. The van der Waals surface area contributed by atoms with Gasteiger partial charge in [0, 0.05) is 30.3 Å². The van der Waals surface area contributed by atoms with Gasteiger partial charge in [-0.25, -0.2) is 0 Å². The van der Waals surface area contributed by atoms with E-state index < -0.39 is 0 Å². The zero-order valence-electron chi connectivity index (χ0n) is 9.78. The van der Waals surface area contributed by atoms with Crippen molar-refractivity contribution in [2.75, 3.05) is 18.5 Å². The van der Waals surface area contributed by atoms with Gasteiger partial charge < -0.3 is 10.1 Å². The molecule has 0 radical (unpaired) electrons. The topological polar surface area (TPSA) is 49.9 Å². The molecule has 1 fully saturated rings. The molecule has 2 aromatic rings. The SMILES string of the molecule is c1cc2cn[nH]c2cc1NC1CCCOCC1. The van der Waals surface area contributed by atoms with Gasteiger partial charge in [-0.1, -0.05) is 0 Å². The molecule has 2 N–H and O–H groups in total. The summed E-state index contributed by atoms with van der Waals surface area (Å²) < 4.78 is 5.46. The van der Waals surface area contributed by atoms with Crippen molar-refractivity contribution in [3.8, 4) is 0 Å². The minimum atomic E-state index is 0.526. The van der Waals surface area contributed by atoms with Crippen LogP contribution in [0.15, 0.2) is 24.4 Å². The molecule has 0 amide bonds. The molecule has 0 spiro atoms. The van der Waals surface area contributed by atoms with Crippen LogP contribution in [0.4, 0.5) is 5.69 Å². The zero-order chi connectivity index (χ0) is 11.5. The first-order valence-electron chi connectivity index (χ1n) is 6.19. The Labute approximate surface area is 100 Å².